The van der Waals surface area contributed by atoms with Gasteiger partial charge in [0.25, 0.3) is 0 Å². The molecule has 1 fully saturated rings. The first-order chi connectivity index (χ1) is 13.3. The zero-order chi connectivity index (χ0) is 20.7. The Morgan fingerprint density at radius 2 is 1.89 bits per heavy atom. The topological polar surface area (TPSA) is 77.8 Å². The van der Waals surface area contributed by atoms with Crippen LogP contribution in [-0.4, -0.2) is 42.2 Å². The second-order valence-electron chi connectivity index (χ2n) is 7.49. The fraction of sp³-hybridized carbons (Fsp3) is 0.435. The lowest BCUT2D eigenvalue weighted by Gasteiger charge is -2.15. The summed E-state index contributed by atoms with van der Waals surface area (Å²) in [5.41, 5.74) is 12.7. The Balaban J connectivity index is 2.26. The summed E-state index contributed by atoms with van der Waals surface area (Å²) in [4.78, 5) is 11.7. The van der Waals surface area contributed by atoms with Crippen molar-refractivity contribution in [2.75, 3.05) is 19.6 Å². The van der Waals surface area contributed by atoms with Crippen molar-refractivity contribution in [3.8, 4) is 0 Å². The van der Waals surface area contributed by atoms with Gasteiger partial charge in [-0.3, -0.25) is 14.9 Å². The van der Waals surface area contributed by atoms with Gasteiger partial charge in [-0.2, -0.15) is 0 Å². The van der Waals surface area contributed by atoms with Crippen LogP contribution in [0, 0.1) is 5.41 Å². The molecule has 5 nitrogen and oxygen atoms in total. The van der Waals surface area contributed by atoms with Gasteiger partial charge < -0.3 is 11.1 Å². The maximum absolute atomic E-state index is 8.07. The van der Waals surface area contributed by atoms with Crippen LogP contribution < -0.4 is 5.73 Å². The molecule has 28 heavy (non-hydrogen) atoms. The lowest BCUT2D eigenvalue weighted by molar-refractivity contribution is 0.331. The average Bonchev–Trinajstić information content (AvgIpc) is 3.17. The summed E-state index contributed by atoms with van der Waals surface area (Å²) >= 11 is 0. The van der Waals surface area contributed by atoms with E-state index in [4.69, 9.17) is 16.1 Å². The molecule has 0 unspecified atom stereocenters. The predicted molar refractivity (Wildman–Crippen MR) is 121 cm³/mol. The van der Waals surface area contributed by atoms with Crippen LogP contribution in [0.3, 0.4) is 0 Å². The minimum Gasteiger partial charge on any atom is -0.327 e. The molecule has 1 saturated heterocycles. The average molecular weight is 380 g/mol. The van der Waals surface area contributed by atoms with E-state index in [2.05, 4.69) is 28.6 Å². The van der Waals surface area contributed by atoms with Gasteiger partial charge in [0.05, 0.1) is 11.4 Å². The van der Waals surface area contributed by atoms with Crippen molar-refractivity contribution in [3.05, 3.63) is 52.7 Å². The van der Waals surface area contributed by atoms with Gasteiger partial charge in [-0.05, 0) is 76.4 Å². The lowest BCUT2D eigenvalue weighted by Crippen LogP contribution is -2.18. The Hall–Kier alpha value is -2.37. The molecule has 3 N–H and O–H groups in total. The number of allylic oxidation sites excluding steroid dienone is 1. The highest BCUT2D eigenvalue weighted by Gasteiger charge is 2.13. The van der Waals surface area contributed by atoms with Crippen LogP contribution in [-0.2, 0) is 6.54 Å². The van der Waals surface area contributed by atoms with E-state index in [1.54, 1.807) is 13.1 Å². The minimum absolute atomic E-state index is 0.428. The highest BCUT2D eigenvalue weighted by Crippen LogP contribution is 2.24. The van der Waals surface area contributed by atoms with Crippen molar-refractivity contribution >= 4 is 23.3 Å². The summed E-state index contributed by atoms with van der Waals surface area (Å²) in [6, 6.07) is 6.23. The molecule has 1 aliphatic rings. The van der Waals surface area contributed by atoms with E-state index in [1.807, 2.05) is 26.8 Å². The van der Waals surface area contributed by atoms with Gasteiger partial charge in [-0.1, -0.05) is 18.7 Å². The number of likely N-dealkylation sites (tertiary alicyclic amines) is 1. The SMILES string of the molecule is C=C(CN)/C(C)=C(/C)N=CC(C)=Nc1cc(CN2CCCC2)ccc1C(C)=N. The fourth-order valence-electron chi connectivity index (χ4n) is 3.20. The summed E-state index contributed by atoms with van der Waals surface area (Å²) in [7, 11) is 0. The second-order valence-corrected chi connectivity index (χ2v) is 7.49. The predicted octanol–water partition coefficient (Wildman–Crippen LogP) is 4.64. The molecule has 1 aromatic carbocycles. The zero-order valence-corrected chi connectivity index (χ0v) is 17.7. The van der Waals surface area contributed by atoms with Crippen LogP contribution in [0.25, 0.3) is 0 Å². The van der Waals surface area contributed by atoms with E-state index in [0.717, 1.165) is 53.4 Å². The number of nitrogens with one attached hydrogen (secondary N) is 1. The van der Waals surface area contributed by atoms with Gasteiger partial charge in [0, 0.05) is 36.3 Å². The largest absolute Gasteiger partial charge is 0.327 e. The highest BCUT2D eigenvalue weighted by molar-refractivity contribution is 6.30. The maximum atomic E-state index is 8.07. The van der Waals surface area contributed by atoms with E-state index in [-0.39, 0.29) is 0 Å². The molecule has 0 aromatic heterocycles. The molecule has 0 radical (unpaired) electrons. The first-order valence-corrected chi connectivity index (χ1v) is 9.87. The molecule has 2 rings (SSSR count). The molecule has 0 atom stereocenters. The van der Waals surface area contributed by atoms with E-state index in [1.165, 1.54) is 18.4 Å². The van der Waals surface area contributed by atoms with E-state index in [0.29, 0.717) is 12.3 Å². The number of hydrogen-bond acceptors (Lipinski definition) is 5. The highest BCUT2D eigenvalue weighted by atomic mass is 15.1. The van der Waals surface area contributed by atoms with Crippen LogP contribution in [0.4, 0.5) is 5.69 Å². The number of benzene rings is 1. The molecule has 0 amide bonds. The van der Waals surface area contributed by atoms with Crippen LogP contribution in [0.1, 0.15) is 51.7 Å². The standard InChI is InChI=1S/C23H33N5/c1-16(13-24)18(3)20(5)26-14-17(2)27-23-12-21(8-9-22(23)19(4)25)15-28-10-6-7-11-28/h8-9,12,14,25H,1,6-7,10-11,13,15,24H2,2-5H3/b20-18-,25-19?,26-14?,27-17?. The molecule has 0 bridgehead atoms. The molecule has 1 heterocycles. The van der Waals surface area contributed by atoms with E-state index >= 15 is 0 Å². The van der Waals surface area contributed by atoms with Crippen molar-refractivity contribution in [3.63, 3.8) is 0 Å². The van der Waals surface area contributed by atoms with E-state index in [9.17, 15) is 0 Å². The molecular weight excluding hydrogens is 346 g/mol. The summed E-state index contributed by atoms with van der Waals surface area (Å²) in [5, 5.41) is 8.07. The number of nitrogens with zero attached hydrogens (tertiary/aromatic N) is 3. The monoisotopic (exact) mass is 379 g/mol. The van der Waals surface area contributed by atoms with Gasteiger partial charge in [0.1, 0.15) is 0 Å². The summed E-state index contributed by atoms with van der Waals surface area (Å²) in [5.74, 6) is 0. The summed E-state index contributed by atoms with van der Waals surface area (Å²) in [6.45, 7) is 15.3. The molecule has 0 aliphatic carbocycles. The van der Waals surface area contributed by atoms with Crippen LogP contribution in [0.2, 0.25) is 0 Å². The first-order valence-electron chi connectivity index (χ1n) is 9.87. The van der Waals surface area contributed by atoms with Crippen molar-refractivity contribution < 1.29 is 0 Å². The van der Waals surface area contributed by atoms with Crippen LogP contribution in [0.15, 0.2) is 51.6 Å². The van der Waals surface area contributed by atoms with Crippen LogP contribution in [0.5, 0.6) is 0 Å². The molecule has 0 spiro atoms. The fourth-order valence-corrected chi connectivity index (χ4v) is 3.20. The molecule has 0 saturated carbocycles. The second kappa shape index (κ2) is 10.2. The third-order valence-corrected chi connectivity index (χ3v) is 5.13. The van der Waals surface area contributed by atoms with Crippen molar-refractivity contribution in [2.45, 2.75) is 47.1 Å². The van der Waals surface area contributed by atoms with Crippen LogP contribution >= 0.6 is 0 Å². The van der Waals surface area contributed by atoms with E-state index < -0.39 is 0 Å². The number of hydrogen-bond donors (Lipinski definition) is 2. The van der Waals surface area contributed by atoms with Crippen molar-refractivity contribution in [1.82, 2.24) is 4.90 Å². The molecule has 150 valence electrons. The molecule has 1 aliphatic heterocycles. The Morgan fingerprint density at radius 1 is 1.21 bits per heavy atom. The van der Waals surface area contributed by atoms with Gasteiger partial charge in [-0.25, -0.2) is 0 Å². The summed E-state index contributed by atoms with van der Waals surface area (Å²) < 4.78 is 0. The maximum Gasteiger partial charge on any atom is 0.0727 e. The number of aliphatic imine (C=N–C) groups is 2. The third kappa shape index (κ3) is 6.08. The number of rotatable bonds is 8. The Labute approximate surface area is 169 Å². The minimum atomic E-state index is 0.428. The Morgan fingerprint density at radius 3 is 2.50 bits per heavy atom. The summed E-state index contributed by atoms with van der Waals surface area (Å²) in [6.07, 6.45) is 4.32. The zero-order valence-electron chi connectivity index (χ0n) is 17.7. The smallest absolute Gasteiger partial charge is 0.0727 e. The third-order valence-electron chi connectivity index (χ3n) is 5.13. The van der Waals surface area contributed by atoms with Gasteiger partial charge >= 0.3 is 0 Å². The van der Waals surface area contributed by atoms with Gasteiger partial charge in [0.15, 0.2) is 0 Å². The lowest BCUT2D eigenvalue weighted by atomic mass is 10.1. The molecule has 5 heteroatoms. The van der Waals surface area contributed by atoms with Gasteiger partial charge in [0.2, 0.25) is 0 Å². The van der Waals surface area contributed by atoms with Crippen molar-refractivity contribution in [2.24, 2.45) is 15.7 Å². The molecular formula is C23H33N5. The van der Waals surface area contributed by atoms with Crippen molar-refractivity contribution in [1.29, 1.82) is 5.41 Å². The Kier molecular flexibility index (Phi) is 8.03. The molecule has 1 aromatic rings. The normalized spacial score (nSPS) is 16.5. The quantitative estimate of drug-likeness (QED) is 0.510. The van der Waals surface area contributed by atoms with Gasteiger partial charge in [-0.15, -0.1) is 0 Å². The first kappa shape index (κ1) is 21.9. The Bertz CT molecular complexity index is 823. The number of nitrogens with two attached hydrogens (primary N) is 1.